The topological polar surface area (TPSA) is 43.6 Å². The maximum Gasteiger partial charge on any atom is 0.159 e. The van der Waals surface area contributed by atoms with Crippen LogP contribution in [0.2, 0.25) is 0 Å². The van der Waals surface area contributed by atoms with E-state index >= 15 is 0 Å². The second-order valence-corrected chi connectivity index (χ2v) is 9.86. The summed E-state index contributed by atoms with van der Waals surface area (Å²) in [6.07, 6.45) is 5.51. The van der Waals surface area contributed by atoms with Crippen molar-refractivity contribution in [1.82, 2.24) is 19.5 Å². The van der Waals surface area contributed by atoms with Gasteiger partial charge in [-0.25, -0.2) is 15.0 Å². The van der Waals surface area contributed by atoms with E-state index in [1.54, 1.807) is 0 Å². The van der Waals surface area contributed by atoms with E-state index in [0.717, 1.165) is 28.2 Å². The first-order valence-corrected chi connectivity index (χ1v) is 12.0. The van der Waals surface area contributed by atoms with Crippen LogP contribution in [-0.4, -0.2) is 19.5 Å². The second-order valence-electron chi connectivity index (χ2n) is 9.86. The lowest BCUT2D eigenvalue weighted by atomic mass is 9.79. The summed E-state index contributed by atoms with van der Waals surface area (Å²) in [6, 6.07) is 25.8. The Morgan fingerprint density at radius 1 is 0.714 bits per heavy atom. The summed E-state index contributed by atoms with van der Waals surface area (Å²) in [5, 5.41) is 2.50. The number of aryl methyl sites for hydroxylation is 1. The summed E-state index contributed by atoms with van der Waals surface area (Å²) in [5.74, 6) is 1.66. The van der Waals surface area contributed by atoms with Crippen LogP contribution in [0, 0.1) is 6.92 Å². The van der Waals surface area contributed by atoms with Crippen LogP contribution in [0.1, 0.15) is 30.5 Å². The summed E-state index contributed by atoms with van der Waals surface area (Å²) < 4.78 is 2.29. The summed E-state index contributed by atoms with van der Waals surface area (Å²) in [5.41, 5.74) is 9.60. The average Bonchev–Trinajstić information content (AvgIpc) is 3.33. The fraction of sp³-hybridized carbons (Fsp3) is 0.129. The molecule has 3 aromatic heterocycles. The zero-order valence-electron chi connectivity index (χ0n) is 19.9. The van der Waals surface area contributed by atoms with Crippen molar-refractivity contribution in [1.29, 1.82) is 0 Å². The van der Waals surface area contributed by atoms with Crippen molar-refractivity contribution < 1.29 is 0 Å². The first-order valence-electron chi connectivity index (χ1n) is 12.0. The highest BCUT2D eigenvalue weighted by Gasteiger charge is 2.40. The zero-order valence-corrected chi connectivity index (χ0v) is 19.9. The maximum atomic E-state index is 4.75. The first kappa shape index (κ1) is 20.1. The Hall–Kier alpha value is -4.31. The number of benzene rings is 3. The summed E-state index contributed by atoms with van der Waals surface area (Å²) in [7, 11) is 0. The van der Waals surface area contributed by atoms with Gasteiger partial charge in [-0.3, -0.25) is 4.57 Å². The largest absolute Gasteiger partial charge is 0.294 e. The maximum absolute atomic E-state index is 4.75. The highest BCUT2D eigenvalue weighted by atomic mass is 15.1. The molecule has 0 bridgehead atoms. The van der Waals surface area contributed by atoms with Gasteiger partial charge in [-0.05, 0) is 65.1 Å². The van der Waals surface area contributed by atoms with E-state index in [4.69, 9.17) is 15.0 Å². The molecular weight excluding hydrogens is 428 g/mol. The monoisotopic (exact) mass is 452 g/mol. The normalized spacial score (nSPS) is 13.8. The van der Waals surface area contributed by atoms with E-state index in [-0.39, 0.29) is 5.41 Å². The third kappa shape index (κ3) is 2.71. The minimum Gasteiger partial charge on any atom is -0.294 e. The molecule has 7 rings (SSSR count). The van der Waals surface area contributed by atoms with Crippen molar-refractivity contribution in [3.63, 3.8) is 0 Å². The van der Waals surface area contributed by atoms with Gasteiger partial charge in [0.15, 0.2) is 5.82 Å². The second kappa shape index (κ2) is 7.09. The molecule has 0 unspecified atom stereocenters. The molecule has 0 saturated carbocycles. The van der Waals surface area contributed by atoms with Gasteiger partial charge in [-0.15, -0.1) is 0 Å². The lowest BCUT2D eigenvalue weighted by molar-refractivity contribution is 0.661. The minimum absolute atomic E-state index is 0.182. The zero-order chi connectivity index (χ0) is 23.7. The van der Waals surface area contributed by atoms with Gasteiger partial charge in [-0.2, -0.15) is 0 Å². The van der Waals surface area contributed by atoms with E-state index in [1.165, 1.54) is 38.6 Å². The molecule has 4 nitrogen and oxygen atoms in total. The number of rotatable bonds is 2. The van der Waals surface area contributed by atoms with E-state index in [1.807, 2.05) is 36.8 Å². The summed E-state index contributed by atoms with van der Waals surface area (Å²) >= 11 is 0. The van der Waals surface area contributed by atoms with Crippen LogP contribution in [-0.2, 0) is 5.41 Å². The first-order chi connectivity index (χ1) is 17.1. The Balaban J connectivity index is 1.76. The molecule has 1 aliphatic carbocycles. The van der Waals surface area contributed by atoms with Crippen LogP contribution in [0.25, 0.3) is 50.1 Å². The van der Waals surface area contributed by atoms with E-state index in [0.29, 0.717) is 0 Å². The van der Waals surface area contributed by atoms with Gasteiger partial charge in [0.2, 0.25) is 0 Å². The Kier molecular flexibility index (Phi) is 4.07. The standard InChI is InChI=1S/C31H24N4/c1-19-12-13-21-24(17-19)35(26-11-6-7-14-32-26)25-18-22(30-33-15-8-16-34-30)29-28(27(21)25)20-9-4-5-10-23(20)31(29,2)3/h4-18H,1-3H3. The number of hydrogen-bond acceptors (Lipinski definition) is 3. The third-order valence-electron chi connectivity index (χ3n) is 7.39. The van der Waals surface area contributed by atoms with Crippen molar-refractivity contribution in [2.24, 2.45) is 0 Å². The molecule has 6 aromatic rings. The molecule has 0 spiro atoms. The van der Waals surface area contributed by atoms with Crippen LogP contribution in [0.3, 0.4) is 0 Å². The fourth-order valence-electron chi connectivity index (χ4n) is 5.93. The summed E-state index contributed by atoms with van der Waals surface area (Å²) in [6.45, 7) is 6.78. The molecule has 0 fully saturated rings. The molecule has 168 valence electrons. The minimum atomic E-state index is -0.182. The molecule has 0 saturated heterocycles. The molecule has 0 amide bonds. The Bertz CT molecular complexity index is 1760. The summed E-state index contributed by atoms with van der Waals surface area (Å²) in [4.78, 5) is 14.1. The van der Waals surface area contributed by atoms with Crippen LogP contribution in [0.5, 0.6) is 0 Å². The molecule has 3 heterocycles. The van der Waals surface area contributed by atoms with Gasteiger partial charge in [0.25, 0.3) is 0 Å². The Morgan fingerprint density at radius 3 is 2.29 bits per heavy atom. The van der Waals surface area contributed by atoms with Gasteiger partial charge < -0.3 is 0 Å². The molecule has 0 atom stereocenters. The van der Waals surface area contributed by atoms with Crippen molar-refractivity contribution in [2.45, 2.75) is 26.2 Å². The predicted molar refractivity (Wildman–Crippen MR) is 142 cm³/mol. The van der Waals surface area contributed by atoms with Gasteiger partial charge >= 0.3 is 0 Å². The molecule has 0 radical (unpaired) electrons. The van der Waals surface area contributed by atoms with Crippen molar-refractivity contribution in [2.75, 3.05) is 0 Å². The molecule has 4 heteroatoms. The predicted octanol–water partition coefficient (Wildman–Crippen LogP) is 7.25. The van der Waals surface area contributed by atoms with Crippen molar-refractivity contribution >= 4 is 21.8 Å². The van der Waals surface area contributed by atoms with Crippen molar-refractivity contribution in [3.05, 3.63) is 108 Å². The molecule has 0 aliphatic heterocycles. The van der Waals surface area contributed by atoms with Gasteiger partial charge in [0.1, 0.15) is 5.82 Å². The Morgan fingerprint density at radius 2 is 1.49 bits per heavy atom. The van der Waals surface area contributed by atoms with E-state index in [2.05, 4.69) is 79.9 Å². The van der Waals surface area contributed by atoms with E-state index < -0.39 is 0 Å². The smallest absolute Gasteiger partial charge is 0.159 e. The van der Waals surface area contributed by atoms with Gasteiger partial charge in [-0.1, -0.05) is 56.3 Å². The van der Waals surface area contributed by atoms with Crippen LogP contribution in [0.15, 0.2) is 91.4 Å². The molecule has 1 aliphatic rings. The Labute approximate surface area is 203 Å². The highest BCUT2D eigenvalue weighted by molar-refractivity contribution is 6.19. The number of pyridine rings is 1. The van der Waals surface area contributed by atoms with Gasteiger partial charge in [0, 0.05) is 40.3 Å². The number of hydrogen-bond donors (Lipinski definition) is 0. The van der Waals surface area contributed by atoms with Crippen LogP contribution < -0.4 is 0 Å². The highest BCUT2D eigenvalue weighted by Crippen LogP contribution is 2.56. The molecule has 0 N–H and O–H groups in total. The SMILES string of the molecule is Cc1ccc2c3c4c(c(-c5ncccn5)cc3n(-c3ccccn3)c2c1)C(C)(C)c1ccccc1-4. The van der Waals surface area contributed by atoms with E-state index in [9.17, 15) is 0 Å². The quantitative estimate of drug-likeness (QED) is 0.278. The lowest BCUT2D eigenvalue weighted by Crippen LogP contribution is -2.16. The number of nitrogens with zero attached hydrogens (tertiary/aromatic N) is 4. The molecule has 35 heavy (non-hydrogen) atoms. The number of aromatic nitrogens is 4. The van der Waals surface area contributed by atoms with Crippen LogP contribution in [0.4, 0.5) is 0 Å². The lowest BCUT2D eigenvalue weighted by Gasteiger charge is -2.24. The van der Waals surface area contributed by atoms with Crippen molar-refractivity contribution in [3.8, 4) is 28.3 Å². The third-order valence-corrected chi connectivity index (χ3v) is 7.39. The molecule has 3 aromatic carbocycles. The average molecular weight is 453 g/mol. The van der Waals surface area contributed by atoms with Crippen LogP contribution >= 0.6 is 0 Å². The molecular formula is C31H24N4. The van der Waals surface area contributed by atoms with Gasteiger partial charge in [0.05, 0.1) is 11.0 Å². The fourth-order valence-corrected chi connectivity index (χ4v) is 5.93. The number of fused-ring (bicyclic) bond motifs is 7.